The normalized spacial score (nSPS) is 11.2. The van der Waals surface area contributed by atoms with Crippen LogP contribution in [0.5, 0.6) is 0 Å². The SMILES string of the molecule is CCCCC/C=C\CCCOC(=O)CCCCCCNCCO. The number of allylic oxidation sites excluding steroid dienone is 2. The number of carbonyl (C=O) groups excluding carboxylic acids is 1. The van der Waals surface area contributed by atoms with Crippen molar-refractivity contribution >= 4 is 5.97 Å². The molecule has 0 saturated heterocycles. The van der Waals surface area contributed by atoms with Gasteiger partial charge in [0.15, 0.2) is 0 Å². The summed E-state index contributed by atoms with van der Waals surface area (Å²) in [5.41, 5.74) is 0. The van der Waals surface area contributed by atoms with E-state index >= 15 is 0 Å². The fourth-order valence-corrected chi connectivity index (χ4v) is 2.28. The van der Waals surface area contributed by atoms with Crippen LogP contribution in [0.15, 0.2) is 12.2 Å². The Labute approximate surface area is 142 Å². The Hall–Kier alpha value is -0.870. The van der Waals surface area contributed by atoms with Gasteiger partial charge in [-0.05, 0) is 45.1 Å². The van der Waals surface area contributed by atoms with E-state index in [1.54, 1.807) is 0 Å². The summed E-state index contributed by atoms with van der Waals surface area (Å²) in [5.74, 6) is -0.0599. The Morgan fingerprint density at radius 3 is 2.43 bits per heavy atom. The van der Waals surface area contributed by atoms with Crippen molar-refractivity contribution in [3.8, 4) is 0 Å². The number of hydrogen-bond acceptors (Lipinski definition) is 4. The maximum absolute atomic E-state index is 11.5. The molecule has 0 aromatic carbocycles. The molecular weight excluding hydrogens is 290 g/mol. The predicted molar refractivity (Wildman–Crippen MR) is 96.5 cm³/mol. The molecule has 0 aromatic heterocycles. The second-order valence-corrected chi connectivity index (χ2v) is 5.97. The summed E-state index contributed by atoms with van der Waals surface area (Å²) in [4.78, 5) is 11.5. The molecule has 0 aromatic rings. The van der Waals surface area contributed by atoms with Crippen molar-refractivity contribution in [2.75, 3.05) is 26.3 Å². The maximum Gasteiger partial charge on any atom is 0.305 e. The molecular formula is C19H37NO3. The van der Waals surface area contributed by atoms with E-state index in [2.05, 4.69) is 24.4 Å². The number of ether oxygens (including phenoxy) is 1. The van der Waals surface area contributed by atoms with E-state index in [9.17, 15) is 4.79 Å². The molecule has 0 atom stereocenters. The second kappa shape index (κ2) is 19.2. The van der Waals surface area contributed by atoms with Crippen molar-refractivity contribution in [3.63, 3.8) is 0 Å². The lowest BCUT2D eigenvalue weighted by Gasteiger charge is -2.04. The number of esters is 1. The molecule has 4 nitrogen and oxygen atoms in total. The third kappa shape index (κ3) is 19.1. The number of aliphatic hydroxyl groups excluding tert-OH is 1. The summed E-state index contributed by atoms with van der Waals surface area (Å²) >= 11 is 0. The summed E-state index contributed by atoms with van der Waals surface area (Å²) < 4.78 is 5.23. The van der Waals surface area contributed by atoms with Gasteiger partial charge in [0.25, 0.3) is 0 Å². The van der Waals surface area contributed by atoms with Crippen molar-refractivity contribution in [1.29, 1.82) is 0 Å². The van der Waals surface area contributed by atoms with E-state index < -0.39 is 0 Å². The Bertz CT molecular complexity index is 280. The highest BCUT2D eigenvalue weighted by Crippen LogP contribution is 2.05. The predicted octanol–water partition coefficient (Wildman–Crippen LogP) is 3.98. The summed E-state index contributed by atoms with van der Waals surface area (Å²) in [6.07, 6.45) is 16.1. The first kappa shape index (κ1) is 22.1. The summed E-state index contributed by atoms with van der Waals surface area (Å²) in [7, 11) is 0. The Kier molecular flexibility index (Phi) is 18.5. The van der Waals surface area contributed by atoms with Gasteiger partial charge in [0.2, 0.25) is 0 Å². The average molecular weight is 328 g/mol. The van der Waals surface area contributed by atoms with Crippen LogP contribution in [0.3, 0.4) is 0 Å². The van der Waals surface area contributed by atoms with Gasteiger partial charge in [-0.3, -0.25) is 4.79 Å². The number of carbonyl (C=O) groups is 1. The minimum Gasteiger partial charge on any atom is -0.466 e. The fraction of sp³-hybridized carbons (Fsp3) is 0.842. The van der Waals surface area contributed by atoms with Gasteiger partial charge in [-0.15, -0.1) is 0 Å². The Morgan fingerprint density at radius 1 is 0.957 bits per heavy atom. The van der Waals surface area contributed by atoms with Crippen LogP contribution in [-0.4, -0.2) is 37.4 Å². The van der Waals surface area contributed by atoms with E-state index in [1.807, 2.05) is 0 Å². The molecule has 136 valence electrons. The smallest absolute Gasteiger partial charge is 0.305 e. The van der Waals surface area contributed by atoms with Crippen LogP contribution in [0.1, 0.15) is 77.6 Å². The monoisotopic (exact) mass is 327 g/mol. The Morgan fingerprint density at radius 2 is 1.70 bits per heavy atom. The van der Waals surface area contributed by atoms with Gasteiger partial charge in [0, 0.05) is 13.0 Å². The second-order valence-electron chi connectivity index (χ2n) is 5.97. The molecule has 0 amide bonds. The summed E-state index contributed by atoms with van der Waals surface area (Å²) in [5, 5.41) is 11.8. The molecule has 0 fully saturated rings. The van der Waals surface area contributed by atoms with E-state index in [0.717, 1.165) is 45.1 Å². The van der Waals surface area contributed by atoms with Gasteiger partial charge >= 0.3 is 5.97 Å². The van der Waals surface area contributed by atoms with E-state index in [-0.39, 0.29) is 12.6 Å². The number of nitrogens with one attached hydrogen (secondary N) is 1. The number of rotatable bonds is 17. The van der Waals surface area contributed by atoms with Crippen LogP contribution in [0.2, 0.25) is 0 Å². The first-order valence-corrected chi connectivity index (χ1v) is 9.43. The fourth-order valence-electron chi connectivity index (χ4n) is 2.28. The van der Waals surface area contributed by atoms with Crippen LogP contribution < -0.4 is 5.32 Å². The average Bonchev–Trinajstić information content (AvgIpc) is 2.56. The topological polar surface area (TPSA) is 58.6 Å². The Balaban J connectivity index is 3.22. The van der Waals surface area contributed by atoms with Crippen molar-refractivity contribution in [3.05, 3.63) is 12.2 Å². The molecule has 0 unspecified atom stereocenters. The van der Waals surface area contributed by atoms with Crippen LogP contribution in [-0.2, 0) is 9.53 Å². The molecule has 4 heteroatoms. The molecule has 0 aliphatic heterocycles. The highest BCUT2D eigenvalue weighted by atomic mass is 16.5. The molecule has 0 aliphatic rings. The van der Waals surface area contributed by atoms with Crippen molar-refractivity contribution in [2.24, 2.45) is 0 Å². The van der Waals surface area contributed by atoms with Crippen LogP contribution in [0.25, 0.3) is 0 Å². The number of hydrogen-bond donors (Lipinski definition) is 2. The molecule has 0 saturated carbocycles. The zero-order chi connectivity index (χ0) is 17.0. The third-order valence-corrected chi connectivity index (χ3v) is 3.69. The quantitative estimate of drug-likeness (QED) is 0.241. The third-order valence-electron chi connectivity index (χ3n) is 3.69. The van der Waals surface area contributed by atoms with Crippen molar-refractivity contribution in [2.45, 2.75) is 77.6 Å². The highest BCUT2D eigenvalue weighted by Gasteiger charge is 2.01. The van der Waals surface area contributed by atoms with Crippen LogP contribution in [0.4, 0.5) is 0 Å². The first-order chi connectivity index (χ1) is 11.3. The van der Waals surface area contributed by atoms with Gasteiger partial charge in [0.05, 0.1) is 13.2 Å². The van der Waals surface area contributed by atoms with Gasteiger partial charge in [-0.1, -0.05) is 44.8 Å². The van der Waals surface area contributed by atoms with Gasteiger partial charge in [-0.2, -0.15) is 0 Å². The zero-order valence-electron chi connectivity index (χ0n) is 15.0. The largest absolute Gasteiger partial charge is 0.466 e. The number of unbranched alkanes of at least 4 members (excludes halogenated alkanes) is 7. The van der Waals surface area contributed by atoms with Crippen LogP contribution >= 0.6 is 0 Å². The van der Waals surface area contributed by atoms with Crippen molar-refractivity contribution < 1.29 is 14.6 Å². The lowest BCUT2D eigenvalue weighted by molar-refractivity contribution is -0.143. The molecule has 0 radical (unpaired) electrons. The summed E-state index contributed by atoms with van der Waals surface area (Å²) in [6, 6.07) is 0. The molecule has 0 aliphatic carbocycles. The molecule has 0 bridgehead atoms. The zero-order valence-corrected chi connectivity index (χ0v) is 15.0. The lowest BCUT2D eigenvalue weighted by atomic mass is 10.1. The minimum atomic E-state index is -0.0599. The van der Waals surface area contributed by atoms with Gasteiger partial charge < -0.3 is 15.2 Å². The van der Waals surface area contributed by atoms with E-state index in [4.69, 9.17) is 9.84 Å². The van der Waals surface area contributed by atoms with Crippen molar-refractivity contribution in [1.82, 2.24) is 5.32 Å². The van der Waals surface area contributed by atoms with E-state index in [1.165, 1.54) is 25.7 Å². The van der Waals surface area contributed by atoms with Gasteiger partial charge in [0.1, 0.15) is 0 Å². The first-order valence-electron chi connectivity index (χ1n) is 9.43. The van der Waals surface area contributed by atoms with Gasteiger partial charge in [-0.25, -0.2) is 0 Å². The standard InChI is InChI=1S/C19H37NO3/c1-2-3-4-5-6-7-10-13-18-23-19(22)14-11-8-9-12-15-20-16-17-21/h6-7,20-21H,2-5,8-18H2,1H3/b7-6-. The van der Waals surface area contributed by atoms with Crippen LogP contribution in [0, 0.1) is 0 Å². The maximum atomic E-state index is 11.5. The molecule has 0 rings (SSSR count). The lowest BCUT2D eigenvalue weighted by Crippen LogP contribution is -2.19. The summed E-state index contributed by atoms with van der Waals surface area (Å²) in [6.45, 7) is 4.56. The molecule has 0 heterocycles. The minimum absolute atomic E-state index is 0.0599. The molecule has 2 N–H and O–H groups in total. The molecule has 0 spiro atoms. The van der Waals surface area contributed by atoms with E-state index in [0.29, 0.717) is 19.6 Å². The highest BCUT2D eigenvalue weighted by molar-refractivity contribution is 5.69. The number of aliphatic hydroxyl groups is 1. The molecule has 23 heavy (non-hydrogen) atoms.